The minimum Gasteiger partial charge on any atom is -0.396 e. The van der Waals surface area contributed by atoms with E-state index in [-0.39, 0.29) is 30.9 Å². The number of aromatic nitrogens is 2. The number of nitrogens with one attached hydrogen (secondary N) is 1. The zero-order valence-electron chi connectivity index (χ0n) is 13.7. The standard InChI is InChI=1S/C16H24N4O4/c21-11-13-9-20(8-12(13)7-18-4-1-2-5-18)15(23)10-19-6-3-14(22)17-16(19)24/h3,6,12-13,21H,1-2,4-5,7-11H2,(H,17,22,24)/t12-,13-/m1/s1. The van der Waals surface area contributed by atoms with Crippen LogP contribution in [0.1, 0.15) is 12.8 Å². The molecule has 2 aliphatic heterocycles. The third-order valence-electron chi connectivity index (χ3n) is 5.06. The molecule has 0 spiro atoms. The lowest BCUT2D eigenvalue weighted by Gasteiger charge is -2.22. The third kappa shape index (κ3) is 3.76. The van der Waals surface area contributed by atoms with Crippen molar-refractivity contribution in [3.05, 3.63) is 33.1 Å². The van der Waals surface area contributed by atoms with Crippen LogP contribution >= 0.6 is 0 Å². The fraction of sp³-hybridized carbons (Fsp3) is 0.688. The molecule has 1 aromatic rings. The summed E-state index contributed by atoms with van der Waals surface area (Å²) >= 11 is 0. The molecule has 2 atom stereocenters. The van der Waals surface area contributed by atoms with Gasteiger partial charge in [0.25, 0.3) is 5.56 Å². The van der Waals surface area contributed by atoms with Gasteiger partial charge in [-0.2, -0.15) is 0 Å². The van der Waals surface area contributed by atoms with E-state index in [0.717, 1.165) is 19.6 Å². The van der Waals surface area contributed by atoms with Crippen LogP contribution < -0.4 is 11.2 Å². The summed E-state index contributed by atoms with van der Waals surface area (Å²) in [5.41, 5.74) is -1.06. The molecule has 0 aliphatic carbocycles. The van der Waals surface area contributed by atoms with Crippen molar-refractivity contribution in [3.63, 3.8) is 0 Å². The number of hydrogen-bond donors (Lipinski definition) is 2. The van der Waals surface area contributed by atoms with Gasteiger partial charge in [-0.1, -0.05) is 0 Å². The van der Waals surface area contributed by atoms with E-state index in [0.29, 0.717) is 13.1 Å². The van der Waals surface area contributed by atoms with E-state index in [1.807, 2.05) is 0 Å². The van der Waals surface area contributed by atoms with E-state index >= 15 is 0 Å². The Morgan fingerprint density at radius 1 is 1.21 bits per heavy atom. The number of aromatic amines is 1. The smallest absolute Gasteiger partial charge is 0.328 e. The molecule has 0 unspecified atom stereocenters. The molecule has 0 saturated carbocycles. The van der Waals surface area contributed by atoms with E-state index in [4.69, 9.17) is 0 Å². The molecule has 24 heavy (non-hydrogen) atoms. The van der Waals surface area contributed by atoms with Crippen LogP contribution in [0, 0.1) is 11.8 Å². The predicted octanol–water partition coefficient (Wildman–Crippen LogP) is -1.30. The third-order valence-corrected chi connectivity index (χ3v) is 5.06. The molecule has 0 aromatic carbocycles. The van der Waals surface area contributed by atoms with Crippen LogP contribution in [0.4, 0.5) is 0 Å². The van der Waals surface area contributed by atoms with E-state index < -0.39 is 11.2 Å². The van der Waals surface area contributed by atoms with Crippen molar-refractivity contribution < 1.29 is 9.90 Å². The Morgan fingerprint density at radius 2 is 1.92 bits per heavy atom. The quantitative estimate of drug-likeness (QED) is 0.696. The van der Waals surface area contributed by atoms with Gasteiger partial charge in [-0.3, -0.25) is 19.1 Å². The van der Waals surface area contributed by atoms with Crippen molar-refractivity contribution in [1.82, 2.24) is 19.4 Å². The Balaban J connectivity index is 1.62. The summed E-state index contributed by atoms with van der Waals surface area (Å²) < 4.78 is 1.20. The maximum atomic E-state index is 12.5. The average Bonchev–Trinajstić information content (AvgIpc) is 3.20. The lowest BCUT2D eigenvalue weighted by atomic mass is 9.96. The molecule has 1 aromatic heterocycles. The zero-order chi connectivity index (χ0) is 17.1. The van der Waals surface area contributed by atoms with E-state index in [2.05, 4.69) is 9.88 Å². The molecular weight excluding hydrogens is 312 g/mol. The maximum absolute atomic E-state index is 12.5. The first-order valence-corrected chi connectivity index (χ1v) is 8.47. The number of rotatable bonds is 5. The molecule has 2 aliphatic rings. The summed E-state index contributed by atoms with van der Waals surface area (Å²) in [4.78, 5) is 41.5. The molecule has 8 nitrogen and oxygen atoms in total. The van der Waals surface area contributed by atoms with Crippen LogP contribution in [0.2, 0.25) is 0 Å². The fourth-order valence-corrected chi connectivity index (χ4v) is 3.67. The van der Waals surface area contributed by atoms with Crippen LogP contribution in [-0.2, 0) is 11.3 Å². The van der Waals surface area contributed by atoms with Crippen molar-refractivity contribution in [2.45, 2.75) is 19.4 Å². The second-order valence-corrected chi connectivity index (χ2v) is 6.75. The normalized spacial score (nSPS) is 24.6. The lowest BCUT2D eigenvalue weighted by Crippen LogP contribution is -2.37. The highest BCUT2D eigenvalue weighted by molar-refractivity contribution is 5.76. The Morgan fingerprint density at radius 3 is 2.58 bits per heavy atom. The molecule has 132 valence electrons. The number of carbonyl (C=O) groups excluding carboxylic acids is 1. The van der Waals surface area contributed by atoms with Gasteiger partial charge in [0.05, 0.1) is 0 Å². The highest BCUT2D eigenvalue weighted by atomic mass is 16.3. The number of aliphatic hydroxyl groups is 1. The molecule has 2 fully saturated rings. The van der Waals surface area contributed by atoms with Crippen LogP contribution in [0.3, 0.4) is 0 Å². The van der Waals surface area contributed by atoms with Gasteiger partial charge < -0.3 is 14.9 Å². The SMILES string of the molecule is O=C(Cn1ccc(=O)[nH]c1=O)N1C[C@@H](CN2CCCC2)[C@@H](CO)C1. The van der Waals surface area contributed by atoms with Crippen LogP contribution in [0.5, 0.6) is 0 Å². The Labute approximate surface area is 139 Å². The van der Waals surface area contributed by atoms with E-state index in [1.54, 1.807) is 4.90 Å². The summed E-state index contributed by atoms with van der Waals surface area (Å²) in [6.45, 7) is 4.20. The van der Waals surface area contributed by atoms with E-state index in [9.17, 15) is 19.5 Å². The first-order valence-electron chi connectivity index (χ1n) is 8.47. The van der Waals surface area contributed by atoms with E-state index in [1.165, 1.54) is 29.7 Å². The molecule has 3 rings (SSSR count). The largest absolute Gasteiger partial charge is 0.396 e. The number of likely N-dealkylation sites (tertiary alicyclic amines) is 2. The van der Waals surface area contributed by atoms with Crippen molar-refractivity contribution in [2.75, 3.05) is 39.3 Å². The zero-order valence-corrected chi connectivity index (χ0v) is 13.7. The van der Waals surface area contributed by atoms with Crippen LogP contribution in [0.15, 0.2) is 21.9 Å². The Hall–Kier alpha value is -1.93. The minimum absolute atomic E-state index is 0.0703. The number of aliphatic hydroxyl groups excluding tert-OH is 1. The second kappa shape index (κ2) is 7.31. The number of hydrogen-bond acceptors (Lipinski definition) is 5. The lowest BCUT2D eigenvalue weighted by molar-refractivity contribution is -0.131. The summed E-state index contributed by atoms with van der Waals surface area (Å²) in [6.07, 6.45) is 3.77. The summed E-state index contributed by atoms with van der Waals surface area (Å²) in [5, 5.41) is 9.62. The Bertz CT molecular complexity index is 692. The molecule has 3 heterocycles. The number of amides is 1. The van der Waals surface area contributed by atoms with Gasteiger partial charge in [0.2, 0.25) is 5.91 Å². The number of nitrogens with zero attached hydrogens (tertiary/aromatic N) is 3. The molecule has 8 heteroatoms. The van der Waals surface area contributed by atoms with Gasteiger partial charge in [-0.15, -0.1) is 0 Å². The van der Waals surface area contributed by atoms with Gasteiger partial charge in [0.15, 0.2) is 0 Å². The summed E-state index contributed by atoms with van der Waals surface area (Å²) in [6, 6.07) is 1.23. The monoisotopic (exact) mass is 336 g/mol. The van der Waals surface area contributed by atoms with Crippen molar-refractivity contribution in [2.24, 2.45) is 11.8 Å². The fourth-order valence-electron chi connectivity index (χ4n) is 3.67. The number of H-pyrrole nitrogens is 1. The molecule has 0 radical (unpaired) electrons. The van der Waals surface area contributed by atoms with Crippen molar-refractivity contribution >= 4 is 5.91 Å². The first kappa shape index (κ1) is 16.9. The highest BCUT2D eigenvalue weighted by Gasteiger charge is 2.36. The maximum Gasteiger partial charge on any atom is 0.328 e. The predicted molar refractivity (Wildman–Crippen MR) is 87.6 cm³/mol. The molecular formula is C16H24N4O4. The highest BCUT2D eigenvalue weighted by Crippen LogP contribution is 2.25. The minimum atomic E-state index is -0.581. The molecule has 2 N–H and O–H groups in total. The summed E-state index contributed by atoms with van der Waals surface area (Å²) in [7, 11) is 0. The topological polar surface area (TPSA) is 98.6 Å². The van der Waals surface area contributed by atoms with Gasteiger partial charge in [-0.25, -0.2) is 4.79 Å². The number of carbonyl (C=O) groups is 1. The first-order chi connectivity index (χ1) is 11.6. The average molecular weight is 336 g/mol. The van der Waals surface area contributed by atoms with Gasteiger partial charge >= 0.3 is 5.69 Å². The molecule has 1 amide bonds. The van der Waals surface area contributed by atoms with Gasteiger partial charge in [-0.05, 0) is 31.8 Å². The van der Waals surface area contributed by atoms with Crippen molar-refractivity contribution in [1.29, 1.82) is 0 Å². The summed E-state index contributed by atoms with van der Waals surface area (Å²) in [5.74, 6) is 0.192. The molecule has 0 bridgehead atoms. The molecule has 2 saturated heterocycles. The Kier molecular flexibility index (Phi) is 5.15. The second-order valence-electron chi connectivity index (χ2n) is 6.75. The van der Waals surface area contributed by atoms with Gasteiger partial charge in [0.1, 0.15) is 6.54 Å². The van der Waals surface area contributed by atoms with Crippen LogP contribution in [-0.4, -0.2) is 69.7 Å². The van der Waals surface area contributed by atoms with Crippen molar-refractivity contribution in [3.8, 4) is 0 Å². The van der Waals surface area contributed by atoms with Gasteiger partial charge in [0, 0.05) is 44.4 Å². The van der Waals surface area contributed by atoms with Crippen LogP contribution in [0.25, 0.3) is 0 Å².